The monoisotopic (exact) mass is 262 g/mol. The molecule has 0 radical (unpaired) electrons. The average molecular weight is 262 g/mol. The van der Waals surface area contributed by atoms with Gasteiger partial charge in [0.1, 0.15) is 12.4 Å². The van der Waals surface area contributed by atoms with E-state index >= 15 is 0 Å². The lowest BCUT2D eigenvalue weighted by Crippen LogP contribution is -2.09. The van der Waals surface area contributed by atoms with Crippen molar-refractivity contribution in [2.24, 2.45) is 0 Å². The fraction of sp³-hybridized carbons (Fsp3) is 0.250. The second-order valence-corrected chi connectivity index (χ2v) is 3.38. The van der Waals surface area contributed by atoms with Crippen LogP contribution < -0.4 is 0 Å². The number of alkyl halides is 4. The van der Waals surface area contributed by atoms with Gasteiger partial charge in [0, 0.05) is 0 Å². The summed E-state index contributed by atoms with van der Waals surface area (Å²) < 4.78 is 52.6. The molecule has 0 atom stereocenters. The van der Waals surface area contributed by atoms with Gasteiger partial charge in [-0.25, -0.2) is 9.18 Å². The number of ether oxygens (including phenoxy) is 1. The van der Waals surface area contributed by atoms with Crippen LogP contribution in [0.3, 0.4) is 0 Å². The first kappa shape index (κ1) is 14.2. The van der Waals surface area contributed by atoms with E-state index in [1.165, 1.54) is 12.1 Å². The van der Waals surface area contributed by atoms with Crippen LogP contribution in [-0.2, 0) is 4.74 Å². The van der Waals surface area contributed by atoms with Crippen LogP contribution in [-0.4, -0.2) is 18.8 Å². The fourth-order valence-corrected chi connectivity index (χ4v) is 1.11. The number of rotatable bonds is 4. The van der Waals surface area contributed by atoms with Crippen molar-refractivity contribution in [1.29, 1.82) is 0 Å². The molecule has 98 valence electrons. The molecule has 1 aromatic rings. The molecule has 0 saturated heterocycles. The second-order valence-electron chi connectivity index (χ2n) is 3.38. The van der Waals surface area contributed by atoms with E-state index in [-0.39, 0.29) is 5.56 Å². The Morgan fingerprint density at radius 2 is 1.83 bits per heavy atom. The maximum atomic E-state index is 12.4. The zero-order chi connectivity index (χ0) is 13.6. The number of carbonyl (C=O) groups is 1. The quantitative estimate of drug-likeness (QED) is 0.470. The summed E-state index contributed by atoms with van der Waals surface area (Å²) in [7, 11) is 0. The van der Waals surface area contributed by atoms with Crippen molar-refractivity contribution >= 4 is 5.97 Å². The molecule has 0 amide bonds. The van der Waals surface area contributed by atoms with Gasteiger partial charge in [-0.1, -0.05) is 18.2 Å². The number of carbonyl (C=O) groups excluding carboxylic acids is 1. The Bertz CT molecular complexity index is 423. The lowest BCUT2D eigenvalue weighted by molar-refractivity contribution is -0.125. The molecule has 0 spiro atoms. The molecule has 1 rings (SSSR count). The van der Waals surface area contributed by atoms with Gasteiger partial charge < -0.3 is 4.74 Å². The first-order valence-corrected chi connectivity index (χ1v) is 5.01. The summed E-state index contributed by atoms with van der Waals surface area (Å²) in [6.07, 6.45) is -5.28. The average Bonchev–Trinajstić information content (AvgIpc) is 2.34. The highest BCUT2D eigenvalue weighted by Crippen LogP contribution is 2.21. The summed E-state index contributed by atoms with van der Waals surface area (Å²) in [5.74, 6) is -1.53. The molecule has 0 N–H and O–H groups in total. The van der Waals surface area contributed by atoms with Gasteiger partial charge in [0.05, 0.1) is 12.0 Å². The van der Waals surface area contributed by atoms with Gasteiger partial charge in [0.2, 0.25) is 0 Å². The van der Waals surface area contributed by atoms with Crippen molar-refractivity contribution in [3.05, 3.63) is 47.7 Å². The van der Waals surface area contributed by atoms with E-state index in [0.29, 0.717) is 6.08 Å². The number of hydrogen-bond donors (Lipinski definition) is 0. The second kappa shape index (κ2) is 6.18. The van der Waals surface area contributed by atoms with Crippen LogP contribution in [0.25, 0.3) is 0 Å². The van der Waals surface area contributed by atoms with Crippen LogP contribution in [0.5, 0.6) is 0 Å². The Morgan fingerprint density at radius 1 is 1.22 bits per heavy atom. The van der Waals surface area contributed by atoms with Crippen molar-refractivity contribution in [1.82, 2.24) is 0 Å². The molecule has 0 unspecified atom stereocenters. The molecule has 0 saturated carbocycles. The summed E-state index contributed by atoms with van der Waals surface area (Å²) in [6.45, 7) is -1.27. The molecule has 6 heteroatoms. The highest BCUT2D eigenvalue weighted by molar-refractivity contribution is 5.89. The zero-order valence-electron chi connectivity index (χ0n) is 9.21. The van der Waals surface area contributed by atoms with E-state index in [1.54, 1.807) is 18.2 Å². The van der Waals surface area contributed by atoms with Crippen molar-refractivity contribution in [3.63, 3.8) is 0 Å². The minimum absolute atomic E-state index is 0.142. The van der Waals surface area contributed by atoms with Crippen molar-refractivity contribution < 1.29 is 27.1 Å². The van der Waals surface area contributed by atoms with Crippen molar-refractivity contribution in [2.45, 2.75) is 12.6 Å². The van der Waals surface area contributed by atoms with Gasteiger partial charge in [-0.05, 0) is 18.2 Å². The van der Waals surface area contributed by atoms with Gasteiger partial charge in [0.25, 0.3) is 0 Å². The Labute approximate surface area is 101 Å². The van der Waals surface area contributed by atoms with Crippen LogP contribution >= 0.6 is 0 Å². The third-order valence-corrected chi connectivity index (χ3v) is 1.93. The predicted molar refractivity (Wildman–Crippen MR) is 56.6 cm³/mol. The van der Waals surface area contributed by atoms with Crippen LogP contribution in [0.15, 0.2) is 42.2 Å². The van der Waals surface area contributed by atoms with Crippen molar-refractivity contribution in [2.75, 3.05) is 6.67 Å². The third-order valence-electron chi connectivity index (χ3n) is 1.93. The van der Waals surface area contributed by atoms with Crippen LogP contribution in [0.4, 0.5) is 17.6 Å². The van der Waals surface area contributed by atoms with Crippen LogP contribution in [0, 0.1) is 0 Å². The van der Waals surface area contributed by atoms with E-state index in [2.05, 4.69) is 4.74 Å². The number of benzene rings is 1. The minimum Gasteiger partial charge on any atom is -0.425 e. The standard InChI is InChI=1S/C12H10F4O2/c13-8-10(6-7-12(14,15)16)18-11(17)9-4-2-1-3-5-9/h1-6H,7-8H2. The highest BCUT2D eigenvalue weighted by atomic mass is 19.4. The number of halogens is 4. The third kappa shape index (κ3) is 4.99. The molecule has 18 heavy (non-hydrogen) atoms. The van der Waals surface area contributed by atoms with Crippen molar-refractivity contribution in [3.8, 4) is 0 Å². The normalized spacial score (nSPS) is 12.3. The Balaban J connectivity index is 2.67. The summed E-state index contributed by atoms with van der Waals surface area (Å²) >= 11 is 0. The molecule has 0 aliphatic heterocycles. The smallest absolute Gasteiger partial charge is 0.392 e. The summed E-state index contributed by atoms with van der Waals surface area (Å²) in [5.41, 5.74) is 0.142. The summed E-state index contributed by atoms with van der Waals surface area (Å²) in [5, 5.41) is 0. The minimum atomic E-state index is -4.46. The molecular formula is C12H10F4O2. The lowest BCUT2D eigenvalue weighted by Gasteiger charge is -2.07. The molecule has 0 aliphatic carbocycles. The number of hydrogen-bond acceptors (Lipinski definition) is 2. The molecule has 0 heterocycles. The fourth-order valence-electron chi connectivity index (χ4n) is 1.11. The van der Waals surface area contributed by atoms with Gasteiger partial charge in [-0.15, -0.1) is 0 Å². The summed E-state index contributed by atoms with van der Waals surface area (Å²) in [4.78, 5) is 11.4. The molecule has 2 nitrogen and oxygen atoms in total. The van der Waals surface area contributed by atoms with Gasteiger partial charge >= 0.3 is 12.1 Å². The van der Waals surface area contributed by atoms with E-state index < -0.39 is 31.0 Å². The number of esters is 1. The first-order valence-electron chi connectivity index (χ1n) is 5.01. The first-order chi connectivity index (χ1) is 8.42. The molecule has 0 fully saturated rings. The molecule has 1 aromatic carbocycles. The maximum Gasteiger partial charge on any atom is 0.392 e. The largest absolute Gasteiger partial charge is 0.425 e. The Hall–Kier alpha value is -1.85. The van der Waals surface area contributed by atoms with E-state index in [9.17, 15) is 22.4 Å². The molecule has 0 bridgehead atoms. The van der Waals surface area contributed by atoms with Crippen LogP contribution in [0.1, 0.15) is 16.8 Å². The Kier molecular flexibility index (Phi) is 4.88. The lowest BCUT2D eigenvalue weighted by atomic mass is 10.2. The van der Waals surface area contributed by atoms with Gasteiger partial charge in [-0.2, -0.15) is 13.2 Å². The van der Waals surface area contributed by atoms with Gasteiger partial charge in [-0.3, -0.25) is 0 Å². The van der Waals surface area contributed by atoms with Gasteiger partial charge in [0.15, 0.2) is 0 Å². The molecular weight excluding hydrogens is 252 g/mol. The topological polar surface area (TPSA) is 26.3 Å². The van der Waals surface area contributed by atoms with E-state index in [0.717, 1.165) is 0 Å². The molecule has 0 aliphatic rings. The summed E-state index contributed by atoms with van der Waals surface area (Å²) in [6, 6.07) is 7.62. The molecule has 0 aromatic heterocycles. The van der Waals surface area contributed by atoms with Crippen LogP contribution in [0.2, 0.25) is 0 Å². The van der Waals surface area contributed by atoms with E-state index in [4.69, 9.17) is 0 Å². The maximum absolute atomic E-state index is 12.4. The highest BCUT2D eigenvalue weighted by Gasteiger charge is 2.26. The zero-order valence-corrected chi connectivity index (χ0v) is 9.21. The SMILES string of the molecule is O=C(OC(=CCC(F)(F)F)CF)c1ccccc1. The Morgan fingerprint density at radius 3 is 2.33 bits per heavy atom. The number of allylic oxidation sites excluding steroid dienone is 2. The predicted octanol–water partition coefficient (Wildman–Crippen LogP) is 3.65. The van der Waals surface area contributed by atoms with E-state index in [1.807, 2.05) is 0 Å².